The molecule has 1 unspecified atom stereocenters. The van der Waals surface area contributed by atoms with Crippen LogP contribution in [0.5, 0.6) is 0 Å². The minimum Gasteiger partial charge on any atom is -0.354 e. The summed E-state index contributed by atoms with van der Waals surface area (Å²) in [5.41, 5.74) is 0. The molecule has 1 saturated heterocycles. The fourth-order valence-corrected chi connectivity index (χ4v) is 3.44. The molecule has 2 amide bonds. The predicted molar refractivity (Wildman–Crippen MR) is 84.6 cm³/mol. The lowest BCUT2D eigenvalue weighted by Crippen LogP contribution is -2.47. The van der Waals surface area contributed by atoms with Crippen LogP contribution in [0.1, 0.15) is 58.8 Å². The van der Waals surface area contributed by atoms with Crippen LogP contribution >= 0.6 is 11.8 Å². The first kappa shape index (κ1) is 17.3. The monoisotopic (exact) mass is 300 g/mol. The van der Waals surface area contributed by atoms with Gasteiger partial charge in [-0.15, -0.1) is 11.8 Å². The number of nitrogens with zero attached hydrogens (tertiary/aromatic N) is 1. The maximum absolute atomic E-state index is 12.1. The maximum Gasteiger partial charge on any atom is 0.243 e. The molecule has 1 heterocycles. The highest BCUT2D eigenvalue weighted by Crippen LogP contribution is 2.22. The Balaban J connectivity index is 2.32. The molecule has 0 aromatic carbocycles. The molecule has 0 aromatic rings. The number of thioether (sulfide) groups is 1. The van der Waals surface area contributed by atoms with E-state index in [1.165, 1.54) is 12.8 Å². The lowest BCUT2D eigenvalue weighted by molar-refractivity contribution is -0.138. The molecule has 5 heteroatoms. The molecule has 1 aliphatic rings. The van der Waals surface area contributed by atoms with E-state index in [-0.39, 0.29) is 17.9 Å². The Hall–Kier alpha value is -0.710. The van der Waals surface area contributed by atoms with Gasteiger partial charge in [0.2, 0.25) is 11.8 Å². The standard InChI is InChI=1S/C15H28N2O2S/c1-3-5-7-8-10-16-15(19)13-11-20-12-17(13)14(18)9-6-4-2/h13H,3-12H2,1-2H3,(H,16,19). The van der Waals surface area contributed by atoms with Crippen LogP contribution in [-0.4, -0.2) is 40.9 Å². The van der Waals surface area contributed by atoms with E-state index in [4.69, 9.17) is 0 Å². The van der Waals surface area contributed by atoms with Gasteiger partial charge in [0, 0.05) is 18.7 Å². The summed E-state index contributed by atoms with van der Waals surface area (Å²) >= 11 is 1.67. The normalized spacial score (nSPS) is 18.3. The number of carbonyl (C=O) groups excluding carboxylic acids is 2. The molecule has 0 bridgehead atoms. The number of hydrogen-bond acceptors (Lipinski definition) is 3. The molecule has 4 nitrogen and oxygen atoms in total. The van der Waals surface area contributed by atoms with Crippen molar-refractivity contribution >= 4 is 23.6 Å². The minimum atomic E-state index is -0.254. The van der Waals surface area contributed by atoms with Crippen molar-refractivity contribution in [3.8, 4) is 0 Å². The van der Waals surface area contributed by atoms with E-state index in [1.54, 1.807) is 16.7 Å². The van der Waals surface area contributed by atoms with Crippen LogP contribution in [-0.2, 0) is 9.59 Å². The fourth-order valence-electron chi connectivity index (χ4n) is 2.26. The summed E-state index contributed by atoms with van der Waals surface area (Å²) in [6.45, 7) is 4.98. The third-order valence-corrected chi connectivity index (χ3v) is 4.59. The molecule has 0 saturated carbocycles. The van der Waals surface area contributed by atoms with Gasteiger partial charge < -0.3 is 10.2 Å². The van der Waals surface area contributed by atoms with Gasteiger partial charge in [0.1, 0.15) is 6.04 Å². The minimum absolute atomic E-state index is 0.0244. The quantitative estimate of drug-likeness (QED) is 0.666. The number of amides is 2. The van der Waals surface area contributed by atoms with Crippen molar-refractivity contribution in [2.75, 3.05) is 18.2 Å². The molecule has 1 aliphatic heterocycles. The molecular weight excluding hydrogens is 272 g/mol. The van der Waals surface area contributed by atoms with E-state index in [0.717, 1.165) is 38.0 Å². The number of hydrogen-bond donors (Lipinski definition) is 1. The Labute approximate surface area is 127 Å². The highest BCUT2D eigenvalue weighted by atomic mass is 32.2. The van der Waals surface area contributed by atoms with Crippen LogP contribution < -0.4 is 5.32 Å². The van der Waals surface area contributed by atoms with E-state index < -0.39 is 0 Å². The smallest absolute Gasteiger partial charge is 0.243 e. The highest BCUT2D eigenvalue weighted by molar-refractivity contribution is 7.99. The van der Waals surface area contributed by atoms with Gasteiger partial charge in [-0.1, -0.05) is 39.5 Å². The molecule has 116 valence electrons. The first-order valence-electron chi connectivity index (χ1n) is 7.85. The predicted octanol–water partition coefficient (Wildman–Crippen LogP) is 2.77. The van der Waals surface area contributed by atoms with Crippen LogP contribution in [0.3, 0.4) is 0 Å². The van der Waals surface area contributed by atoms with Crippen molar-refractivity contribution in [1.29, 1.82) is 0 Å². The van der Waals surface area contributed by atoms with Gasteiger partial charge in [-0.25, -0.2) is 0 Å². The lowest BCUT2D eigenvalue weighted by atomic mass is 10.2. The summed E-state index contributed by atoms with van der Waals surface area (Å²) in [4.78, 5) is 26.0. The Kier molecular flexibility index (Phi) is 8.74. The summed E-state index contributed by atoms with van der Waals surface area (Å²) < 4.78 is 0. The van der Waals surface area contributed by atoms with E-state index in [1.807, 2.05) is 0 Å². The first-order valence-corrected chi connectivity index (χ1v) is 9.01. The number of nitrogens with one attached hydrogen (secondary N) is 1. The molecule has 0 radical (unpaired) electrons. The van der Waals surface area contributed by atoms with Gasteiger partial charge in [0.25, 0.3) is 0 Å². The number of unbranched alkanes of at least 4 members (excludes halogenated alkanes) is 4. The van der Waals surface area contributed by atoms with E-state index in [2.05, 4.69) is 19.2 Å². The maximum atomic E-state index is 12.1. The molecule has 1 fully saturated rings. The van der Waals surface area contributed by atoms with Crippen molar-refractivity contribution < 1.29 is 9.59 Å². The topological polar surface area (TPSA) is 49.4 Å². The van der Waals surface area contributed by atoms with Crippen molar-refractivity contribution in [2.45, 2.75) is 64.8 Å². The SMILES string of the molecule is CCCCCCNC(=O)C1CSCN1C(=O)CCCC. The molecule has 0 aromatic heterocycles. The largest absolute Gasteiger partial charge is 0.354 e. The zero-order chi connectivity index (χ0) is 14.8. The van der Waals surface area contributed by atoms with Crippen LogP contribution in [0.25, 0.3) is 0 Å². The van der Waals surface area contributed by atoms with Gasteiger partial charge in [-0.3, -0.25) is 9.59 Å². The van der Waals surface area contributed by atoms with Gasteiger partial charge in [0.05, 0.1) is 5.88 Å². The average molecular weight is 300 g/mol. The van der Waals surface area contributed by atoms with Crippen molar-refractivity contribution in [2.24, 2.45) is 0 Å². The third kappa shape index (κ3) is 5.73. The second-order valence-corrected chi connectivity index (χ2v) is 6.33. The van der Waals surface area contributed by atoms with Crippen molar-refractivity contribution in [3.05, 3.63) is 0 Å². The number of carbonyl (C=O) groups is 2. The zero-order valence-corrected chi connectivity index (χ0v) is 13.6. The fraction of sp³-hybridized carbons (Fsp3) is 0.867. The van der Waals surface area contributed by atoms with E-state index >= 15 is 0 Å². The average Bonchev–Trinajstić information content (AvgIpc) is 2.93. The zero-order valence-electron chi connectivity index (χ0n) is 12.8. The van der Waals surface area contributed by atoms with Crippen LogP contribution in [0.2, 0.25) is 0 Å². The summed E-state index contributed by atoms with van der Waals surface area (Å²) in [5.74, 6) is 1.55. The summed E-state index contributed by atoms with van der Waals surface area (Å²) in [6, 6.07) is -0.254. The van der Waals surface area contributed by atoms with E-state index in [9.17, 15) is 9.59 Å². The Morgan fingerprint density at radius 3 is 2.60 bits per heavy atom. The van der Waals surface area contributed by atoms with Gasteiger partial charge in [-0.2, -0.15) is 0 Å². The van der Waals surface area contributed by atoms with Crippen molar-refractivity contribution in [3.63, 3.8) is 0 Å². The van der Waals surface area contributed by atoms with Crippen LogP contribution in [0.4, 0.5) is 0 Å². The first-order chi connectivity index (χ1) is 9.70. The second kappa shape index (κ2) is 10.1. The summed E-state index contributed by atoms with van der Waals surface area (Å²) in [6.07, 6.45) is 7.10. The summed E-state index contributed by atoms with van der Waals surface area (Å²) in [7, 11) is 0. The van der Waals surface area contributed by atoms with Gasteiger partial charge >= 0.3 is 0 Å². The molecule has 20 heavy (non-hydrogen) atoms. The Morgan fingerprint density at radius 2 is 1.90 bits per heavy atom. The van der Waals surface area contributed by atoms with Gasteiger partial charge in [0.15, 0.2) is 0 Å². The molecule has 0 spiro atoms. The molecule has 1 N–H and O–H groups in total. The second-order valence-electron chi connectivity index (χ2n) is 5.33. The highest BCUT2D eigenvalue weighted by Gasteiger charge is 2.33. The Bertz CT molecular complexity index is 310. The molecule has 1 rings (SSSR count). The van der Waals surface area contributed by atoms with Crippen LogP contribution in [0.15, 0.2) is 0 Å². The van der Waals surface area contributed by atoms with Gasteiger partial charge in [-0.05, 0) is 12.8 Å². The third-order valence-electron chi connectivity index (χ3n) is 3.58. The van der Waals surface area contributed by atoms with Crippen LogP contribution in [0, 0.1) is 0 Å². The van der Waals surface area contributed by atoms with Crippen molar-refractivity contribution in [1.82, 2.24) is 10.2 Å². The molecule has 1 atom stereocenters. The van der Waals surface area contributed by atoms with E-state index in [0.29, 0.717) is 12.3 Å². The summed E-state index contributed by atoms with van der Waals surface area (Å²) in [5, 5.41) is 2.98. The molecular formula is C15H28N2O2S. The molecule has 0 aliphatic carbocycles. The lowest BCUT2D eigenvalue weighted by Gasteiger charge is -2.23. The number of rotatable bonds is 9. The Morgan fingerprint density at radius 1 is 1.15 bits per heavy atom.